The molecule has 1 aromatic rings. The van der Waals surface area contributed by atoms with E-state index in [9.17, 15) is 13.2 Å². The van der Waals surface area contributed by atoms with E-state index in [1.807, 2.05) is 0 Å². The van der Waals surface area contributed by atoms with Crippen LogP contribution in [0.1, 0.15) is 28.8 Å². The van der Waals surface area contributed by atoms with Crippen molar-refractivity contribution in [2.24, 2.45) is 0 Å². The molecule has 0 bridgehead atoms. The van der Waals surface area contributed by atoms with Crippen LogP contribution in [0.3, 0.4) is 0 Å². The molecule has 0 radical (unpaired) electrons. The first-order valence-corrected chi connectivity index (χ1v) is 7.78. The molecule has 1 aliphatic rings. The van der Waals surface area contributed by atoms with Crippen LogP contribution < -0.4 is 0 Å². The molecule has 6 heteroatoms. The number of nitrogens with zero attached hydrogens (tertiary/aromatic N) is 1. The van der Waals surface area contributed by atoms with Gasteiger partial charge in [0.25, 0.3) is 0 Å². The van der Waals surface area contributed by atoms with Gasteiger partial charge in [0.2, 0.25) is 10.0 Å². The molecule has 1 aromatic carbocycles. The number of sulfonamides is 1. The molecule has 0 atom stereocenters. The van der Waals surface area contributed by atoms with Gasteiger partial charge in [-0.05, 0) is 37.5 Å². The van der Waals surface area contributed by atoms with Crippen molar-refractivity contribution in [3.8, 4) is 0 Å². The predicted octanol–water partition coefficient (Wildman–Crippen LogP) is 2.03. The summed E-state index contributed by atoms with van der Waals surface area (Å²) in [5.41, 5.74) is 0.554. The molecule has 0 saturated heterocycles. The van der Waals surface area contributed by atoms with Crippen LogP contribution in [0.15, 0.2) is 35.7 Å². The number of aromatic carboxylic acids is 1. The van der Waals surface area contributed by atoms with Crippen molar-refractivity contribution >= 4 is 16.0 Å². The Bertz CT molecular complexity index is 647. The molecule has 1 aliphatic carbocycles. The van der Waals surface area contributed by atoms with Gasteiger partial charge in [-0.25, -0.2) is 13.2 Å². The van der Waals surface area contributed by atoms with Crippen LogP contribution in [0.25, 0.3) is 0 Å². The minimum Gasteiger partial charge on any atom is -0.478 e. The highest BCUT2D eigenvalue weighted by Gasteiger charge is 2.37. The van der Waals surface area contributed by atoms with E-state index in [4.69, 9.17) is 5.11 Å². The van der Waals surface area contributed by atoms with Gasteiger partial charge in [0.15, 0.2) is 0 Å². The molecular formula is C14H17NO4S. The van der Waals surface area contributed by atoms with Gasteiger partial charge in [0.1, 0.15) is 0 Å². The maximum atomic E-state index is 12.6. The summed E-state index contributed by atoms with van der Waals surface area (Å²) < 4.78 is 26.5. The van der Waals surface area contributed by atoms with Crippen molar-refractivity contribution in [3.05, 3.63) is 42.0 Å². The van der Waals surface area contributed by atoms with Gasteiger partial charge in [-0.1, -0.05) is 12.1 Å². The van der Waals surface area contributed by atoms with Crippen LogP contribution in [0.4, 0.5) is 0 Å². The predicted molar refractivity (Wildman–Crippen MR) is 75.2 cm³/mol. The molecule has 1 saturated carbocycles. The highest BCUT2D eigenvalue weighted by Crippen LogP contribution is 2.32. The Balaban J connectivity index is 2.45. The van der Waals surface area contributed by atoms with Gasteiger partial charge in [0, 0.05) is 12.6 Å². The van der Waals surface area contributed by atoms with Crippen molar-refractivity contribution in [2.75, 3.05) is 6.54 Å². The average molecular weight is 295 g/mol. The average Bonchev–Trinajstić information content (AvgIpc) is 3.19. The van der Waals surface area contributed by atoms with E-state index in [1.54, 1.807) is 13.0 Å². The molecule has 20 heavy (non-hydrogen) atoms. The van der Waals surface area contributed by atoms with Gasteiger partial charge >= 0.3 is 5.97 Å². The third kappa shape index (κ3) is 2.76. The van der Waals surface area contributed by atoms with E-state index in [0.717, 1.165) is 12.8 Å². The molecule has 0 amide bonds. The van der Waals surface area contributed by atoms with Crippen LogP contribution in [-0.2, 0) is 10.0 Å². The van der Waals surface area contributed by atoms with Crippen LogP contribution in [-0.4, -0.2) is 36.4 Å². The standard InChI is InChI=1S/C14H17NO4S/c1-3-8-15(11-5-6-11)20(18,19)12-7-4-10(2)13(9-12)14(16)17/h3-4,7,9,11H,1,5-6,8H2,2H3,(H,16,17). The molecule has 0 aromatic heterocycles. The largest absolute Gasteiger partial charge is 0.478 e. The number of carboxylic acids is 1. The lowest BCUT2D eigenvalue weighted by atomic mass is 10.1. The number of benzene rings is 1. The Morgan fingerprint density at radius 1 is 1.50 bits per heavy atom. The molecule has 0 unspecified atom stereocenters. The first-order valence-electron chi connectivity index (χ1n) is 6.34. The first kappa shape index (κ1) is 14.7. The fraction of sp³-hybridized carbons (Fsp3) is 0.357. The summed E-state index contributed by atoms with van der Waals surface area (Å²) in [6.45, 7) is 5.46. The Kier molecular flexibility index (Phi) is 3.96. The second-order valence-electron chi connectivity index (χ2n) is 4.88. The van der Waals surface area contributed by atoms with Crippen molar-refractivity contribution < 1.29 is 18.3 Å². The van der Waals surface area contributed by atoms with E-state index < -0.39 is 16.0 Å². The summed E-state index contributed by atoms with van der Waals surface area (Å²) in [5.74, 6) is -1.12. The normalized spacial score (nSPS) is 15.3. The van der Waals surface area contributed by atoms with Crippen molar-refractivity contribution in [3.63, 3.8) is 0 Å². The second kappa shape index (κ2) is 5.38. The molecular weight excluding hydrogens is 278 g/mol. The highest BCUT2D eigenvalue weighted by atomic mass is 32.2. The molecule has 1 N–H and O–H groups in total. The van der Waals surface area contributed by atoms with Crippen molar-refractivity contribution in [1.82, 2.24) is 4.31 Å². The summed E-state index contributed by atoms with van der Waals surface area (Å²) in [6, 6.07) is 4.21. The second-order valence-corrected chi connectivity index (χ2v) is 6.77. The maximum absolute atomic E-state index is 12.6. The number of hydrogen-bond donors (Lipinski definition) is 1. The van der Waals surface area contributed by atoms with Gasteiger partial charge < -0.3 is 5.11 Å². The number of carboxylic acid groups (broad SMARTS) is 1. The Morgan fingerprint density at radius 3 is 2.65 bits per heavy atom. The Labute approximate surface area is 118 Å². The number of aryl methyl sites for hydroxylation is 1. The summed E-state index contributed by atoms with van der Waals surface area (Å²) >= 11 is 0. The van der Waals surface area contributed by atoms with E-state index >= 15 is 0 Å². The zero-order valence-corrected chi connectivity index (χ0v) is 12.1. The Hall–Kier alpha value is -1.66. The van der Waals surface area contributed by atoms with Gasteiger partial charge in [-0.3, -0.25) is 0 Å². The summed E-state index contributed by atoms with van der Waals surface area (Å²) in [7, 11) is -3.67. The third-order valence-electron chi connectivity index (χ3n) is 3.31. The Morgan fingerprint density at radius 2 is 2.15 bits per heavy atom. The smallest absolute Gasteiger partial charge is 0.335 e. The topological polar surface area (TPSA) is 74.7 Å². The van der Waals surface area contributed by atoms with Crippen molar-refractivity contribution in [1.29, 1.82) is 0 Å². The number of rotatable bonds is 6. The zero-order chi connectivity index (χ0) is 14.9. The molecule has 0 spiro atoms. The fourth-order valence-electron chi connectivity index (χ4n) is 2.06. The summed E-state index contributed by atoms with van der Waals surface area (Å²) in [5, 5.41) is 9.09. The van der Waals surface area contributed by atoms with Crippen LogP contribution in [0, 0.1) is 6.92 Å². The van der Waals surface area contributed by atoms with E-state index in [1.165, 1.54) is 22.5 Å². The van der Waals surface area contributed by atoms with Gasteiger partial charge in [0.05, 0.1) is 10.5 Å². The van der Waals surface area contributed by atoms with Crippen molar-refractivity contribution in [2.45, 2.75) is 30.7 Å². The maximum Gasteiger partial charge on any atom is 0.335 e. The molecule has 108 valence electrons. The lowest BCUT2D eigenvalue weighted by molar-refractivity contribution is 0.0696. The first-order chi connectivity index (χ1) is 9.37. The monoisotopic (exact) mass is 295 g/mol. The molecule has 2 rings (SSSR count). The lowest BCUT2D eigenvalue weighted by Gasteiger charge is -2.20. The summed E-state index contributed by atoms with van der Waals surface area (Å²) in [6.07, 6.45) is 3.22. The number of carbonyl (C=O) groups is 1. The molecule has 0 heterocycles. The third-order valence-corrected chi connectivity index (χ3v) is 5.22. The van der Waals surface area contributed by atoms with Crippen LogP contribution in [0.2, 0.25) is 0 Å². The van der Waals surface area contributed by atoms with E-state index in [2.05, 4.69) is 6.58 Å². The van der Waals surface area contributed by atoms with Crippen LogP contribution >= 0.6 is 0 Å². The van der Waals surface area contributed by atoms with E-state index in [-0.39, 0.29) is 23.0 Å². The quantitative estimate of drug-likeness (QED) is 0.815. The summed E-state index contributed by atoms with van der Waals surface area (Å²) in [4.78, 5) is 11.1. The fourth-order valence-corrected chi connectivity index (χ4v) is 3.74. The van der Waals surface area contributed by atoms with Gasteiger partial charge in [-0.15, -0.1) is 6.58 Å². The van der Waals surface area contributed by atoms with Gasteiger partial charge in [-0.2, -0.15) is 4.31 Å². The minimum absolute atomic E-state index is 0.00702. The van der Waals surface area contributed by atoms with Crippen LogP contribution in [0.5, 0.6) is 0 Å². The lowest BCUT2D eigenvalue weighted by Crippen LogP contribution is -2.33. The molecule has 5 nitrogen and oxygen atoms in total. The number of hydrogen-bond acceptors (Lipinski definition) is 3. The highest BCUT2D eigenvalue weighted by molar-refractivity contribution is 7.89. The minimum atomic E-state index is -3.67. The zero-order valence-electron chi connectivity index (χ0n) is 11.2. The molecule has 0 aliphatic heterocycles. The van der Waals surface area contributed by atoms with E-state index in [0.29, 0.717) is 5.56 Å². The molecule has 1 fully saturated rings. The SMILES string of the molecule is C=CCN(C1CC1)S(=O)(=O)c1ccc(C)c(C(=O)O)c1.